The van der Waals surface area contributed by atoms with E-state index in [1.807, 2.05) is 0 Å². The molecule has 0 aromatic carbocycles. The Morgan fingerprint density at radius 2 is 1.53 bits per heavy atom. The third-order valence-electron chi connectivity index (χ3n) is 2.88. The summed E-state index contributed by atoms with van der Waals surface area (Å²) < 4.78 is 0. The number of hydrazine groups is 1. The number of amides is 1. The normalized spacial score (nSPS) is 10.3. The van der Waals surface area contributed by atoms with Crippen molar-refractivity contribution in [1.82, 2.24) is 5.01 Å². The molecule has 0 aromatic rings. The molecule has 0 atom stereocenters. The molecule has 2 N–H and O–H groups in total. The van der Waals surface area contributed by atoms with E-state index in [1.54, 1.807) is 6.92 Å². The quantitative estimate of drug-likeness (QED) is 0.209. The molecule has 0 radical (unpaired) electrons. The first kappa shape index (κ1) is 16.2. The van der Waals surface area contributed by atoms with Gasteiger partial charge < -0.3 is 0 Å². The van der Waals surface area contributed by atoms with Gasteiger partial charge in [0.15, 0.2) is 0 Å². The van der Waals surface area contributed by atoms with Crippen LogP contribution in [0, 0.1) is 0 Å². The predicted molar refractivity (Wildman–Crippen MR) is 73.3 cm³/mol. The van der Waals surface area contributed by atoms with Gasteiger partial charge in [0.1, 0.15) is 0 Å². The van der Waals surface area contributed by atoms with Gasteiger partial charge in [-0.05, 0) is 13.3 Å². The zero-order valence-electron chi connectivity index (χ0n) is 11.5. The van der Waals surface area contributed by atoms with Gasteiger partial charge in [-0.2, -0.15) is 0 Å². The van der Waals surface area contributed by atoms with Gasteiger partial charge in [0, 0.05) is 12.1 Å². The number of nitrogens with two attached hydrogens (primary N) is 1. The van der Waals surface area contributed by atoms with Crippen molar-refractivity contribution in [3.63, 3.8) is 0 Å². The van der Waals surface area contributed by atoms with Crippen molar-refractivity contribution in [2.24, 2.45) is 5.84 Å². The van der Waals surface area contributed by atoms with E-state index in [0.29, 0.717) is 12.1 Å². The second-order valence-corrected chi connectivity index (χ2v) is 4.75. The van der Waals surface area contributed by atoms with Crippen molar-refractivity contribution in [2.75, 3.05) is 6.54 Å². The van der Waals surface area contributed by atoms with E-state index < -0.39 is 0 Å². The van der Waals surface area contributed by atoms with Crippen LogP contribution in [0.25, 0.3) is 0 Å². The van der Waals surface area contributed by atoms with Crippen LogP contribution in [0.3, 0.4) is 0 Å². The summed E-state index contributed by atoms with van der Waals surface area (Å²) in [6, 6.07) is 0. The number of hydrogen-bond acceptors (Lipinski definition) is 2. The van der Waals surface area contributed by atoms with Crippen molar-refractivity contribution < 1.29 is 4.79 Å². The van der Waals surface area contributed by atoms with Crippen LogP contribution >= 0.6 is 0 Å². The fourth-order valence-electron chi connectivity index (χ4n) is 1.76. The van der Waals surface area contributed by atoms with Gasteiger partial charge in [-0.3, -0.25) is 9.80 Å². The van der Waals surface area contributed by atoms with Crippen molar-refractivity contribution in [3.8, 4) is 0 Å². The zero-order chi connectivity index (χ0) is 13.1. The number of carbonyl (C=O) groups is 1. The zero-order valence-corrected chi connectivity index (χ0v) is 11.5. The third kappa shape index (κ3) is 8.93. The average molecular weight is 240 g/mol. The first-order valence-electron chi connectivity index (χ1n) is 6.81. The van der Waals surface area contributed by atoms with E-state index in [-0.39, 0.29) is 5.91 Å². The van der Waals surface area contributed by atoms with Gasteiger partial charge in [0.25, 0.3) is 5.91 Å². The number of nitrogens with zero attached hydrogens (tertiary/aromatic N) is 1. The van der Waals surface area contributed by atoms with Crippen molar-refractivity contribution in [3.05, 3.63) is 12.2 Å². The second-order valence-electron chi connectivity index (χ2n) is 4.75. The summed E-state index contributed by atoms with van der Waals surface area (Å²) in [5.41, 5.74) is 0.507. The maximum absolute atomic E-state index is 11.4. The fourth-order valence-corrected chi connectivity index (χ4v) is 1.76. The maximum atomic E-state index is 11.4. The Hall–Kier alpha value is -0.830. The molecular weight excluding hydrogens is 212 g/mol. The molecule has 3 nitrogen and oxygen atoms in total. The topological polar surface area (TPSA) is 46.3 Å². The Balaban J connectivity index is 3.33. The van der Waals surface area contributed by atoms with E-state index in [2.05, 4.69) is 13.5 Å². The monoisotopic (exact) mass is 240 g/mol. The lowest BCUT2D eigenvalue weighted by Crippen LogP contribution is -2.38. The van der Waals surface area contributed by atoms with Gasteiger partial charge in [0.05, 0.1) is 0 Å². The Bertz CT molecular complexity index is 226. The SMILES string of the molecule is C=C(C)C(=O)N(N)CCCCCCCCCC. The molecule has 0 aliphatic carbocycles. The molecule has 0 spiro atoms. The molecule has 0 saturated carbocycles. The molecule has 0 bridgehead atoms. The molecule has 0 aliphatic heterocycles. The minimum atomic E-state index is -0.145. The molecule has 0 fully saturated rings. The molecule has 1 amide bonds. The largest absolute Gasteiger partial charge is 0.277 e. The van der Waals surface area contributed by atoms with Crippen LogP contribution in [0.4, 0.5) is 0 Å². The predicted octanol–water partition coefficient (Wildman–Crippen LogP) is 3.41. The summed E-state index contributed by atoms with van der Waals surface area (Å²) >= 11 is 0. The summed E-state index contributed by atoms with van der Waals surface area (Å²) in [6.07, 6.45) is 10.0. The maximum Gasteiger partial charge on any atom is 0.262 e. The van der Waals surface area contributed by atoms with Crippen LogP contribution in [-0.4, -0.2) is 17.5 Å². The first-order valence-corrected chi connectivity index (χ1v) is 6.81. The van der Waals surface area contributed by atoms with E-state index in [0.717, 1.165) is 12.8 Å². The Morgan fingerprint density at radius 3 is 2.00 bits per heavy atom. The highest BCUT2D eigenvalue weighted by molar-refractivity contribution is 5.91. The highest BCUT2D eigenvalue weighted by Crippen LogP contribution is 2.08. The molecule has 0 aliphatic rings. The molecule has 0 rings (SSSR count). The Morgan fingerprint density at radius 1 is 1.06 bits per heavy atom. The summed E-state index contributed by atoms with van der Waals surface area (Å²) in [7, 11) is 0. The summed E-state index contributed by atoms with van der Waals surface area (Å²) in [5, 5.41) is 1.28. The van der Waals surface area contributed by atoms with Crippen LogP contribution < -0.4 is 5.84 Å². The van der Waals surface area contributed by atoms with Gasteiger partial charge >= 0.3 is 0 Å². The van der Waals surface area contributed by atoms with E-state index in [9.17, 15) is 4.79 Å². The second kappa shape index (κ2) is 10.3. The molecule has 3 heteroatoms. The number of rotatable bonds is 10. The Kier molecular flexibility index (Phi) is 9.83. The highest BCUT2D eigenvalue weighted by Gasteiger charge is 2.08. The minimum Gasteiger partial charge on any atom is -0.277 e. The molecule has 0 saturated heterocycles. The lowest BCUT2D eigenvalue weighted by molar-refractivity contribution is -0.127. The van der Waals surface area contributed by atoms with Gasteiger partial charge in [-0.25, -0.2) is 5.84 Å². The fraction of sp³-hybridized carbons (Fsp3) is 0.786. The van der Waals surface area contributed by atoms with E-state index in [4.69, 9.17) is 5.84 Å². The lowest BCUT2D eigenvalue weighted by Gasteiger charge is -2.16. The average Bonchev–Trinajstić information content (AvgIpc) is 2.31. The molecular formula is C14H28N2O. The van der Waals surface area contributed by atoms with Crippen molar-refractivity contribution >= 4 is 5.91 Å². The molecule has 100 valence electrons. The highest BCUT2D eigenvalue weighted by atomic mass is 16.2. The summed E-state index contributed by atoms with van der Waals surface area (Å²) in [6.45, 7) is 8.15. The first-order chi connectivity index (χ1) is 8.09. The van der Waals surface area contributed by atoms with Crippen LogP contribution in [0.15, 0.2) is 12.2 Å². The molecule has 0 aromatic heterocycles. The number of carbonyl (C=O) groups excluding carboxylic acids is 1. The van der Waals surface area contributed by atoms with Gasteiger partial charge in [-0.15, -0.1) is 0 Å². The molecule has 0 unspecified atom stereocenters. The number of unbranched alkanes of at least 4 members (excludes halogenated alkanes) is 7. The Labute approximate surface area is 106 Å². The number of hydrogen-bond donors (Lipinski definition) is 1. The smallest absolute Gasteiger partial charge is 0.262 e. The standard InChI is InChI=1S/C14H28N2O/c1-4-5-6-7-8-9-10-11-12-16(15)14(17)13(2)3/h2,4-12,15H2,1,3H3. The summed E-state index contributed by atoms with van der Waals surface area (Å²) in [5.74, 6) is 5.48. The van der Waals surface area contributed by atoms with Crippen molar-refractivity contribution in [2.45, 2.75) is 65.2 Å². The van der Waals surface area contributed by atoms with Gasteiger partial charge in [-0.1, -0.05) is 58.4 Å². The minimum absolute atomic E-state index is 0.145. The van der Waals surface area contributed by atoms with Crippen LogP contribution in [0.2, 0.25) is 0 Å². The molecule has 17 heavy (non-hydrogen) atoms. The van der Waals surface area contributed by atoms with E-state index in [1.165, 1.54) is 43.5 Å². The van der Waals surface area contributed by atoms with Gasteiger partial charge in [0.2, 0.25) is 0 Å². The van der Waals surface area contributed by atoms with Crippen LogP contribution in [-0.2, 0) is 4.79 Å². The third-order valence-corrected chi connectivity index (χ3v) is 2.88. The van der Waals surface area contributed by atoms with Crippen LogP contribution in [0.5, 0.6) is 0 Å². The van der Waals surface area contributed by atoms with Crippen molar-refractivity contribution in [1.29, 1.82) is 0 Å². The van der Waals surface area contributed by atoms with E-state index >= 15 is 0 Å². The molecule has 0 heterocycles. The van der Waals surface area contributed by atoms with Crippen LogP contribution in [0.1, 0.15) is 65.2 Å². The lowest BCUT2D eigenvalue weighted by atomic mass is 10.1. The summed E-state index contributed by atoms with van der Waals surface area (Å²) in [4.78, 5) is 11.4.